The van der Waals surface area contributed by atoms with Gasteiger partial charge in [-0.3, -0.25) is 24.2 Å². The average molecular weight is 602 g/mol. The van der Waals surface area contributed by atoms with Crippen LogP contribution in [0.5, 0.6) is 11.5 Å². The molecule has 232 valence electrons. The molecular weight excluding hydrogens is 562 g/mol. The molecule has 2 heterocycles. The third-order valence-electron chi connectivity index (χ3n) is 7.40. The first-order chi connectivity index (χ1) is 21.2. The minimum atomic E-state index is -1.03. The molecule has 4 amide bonds. The van der Waals surface area contributed by atoms with Crippen LogP contribution in [0, 0.1) is 5.92 Å². The molecule has 1 aliphatic heterocycles. The van der Waals surface area contributed by atoms with Crippen molar-refractivity contribution in [3.8, 4) is 11.5 Å². The highest BCUT2D eigenvalue weighted by molar-refractivity contribution is 5.99. The maximum atomic E-state index is 13.5. The summed E-state index contributed by atoms with van der Waals surface area (Å²) in [6.45, 7) is 4.24. The zero-order chi connectivity index (χ0) is 31.5. The van der Waals surface area contributed by atoms with E-state index in [1.165, 1.54) is 12.1 Å². The Morgan fingerprint density at radius 1 is 1.00 bits per heavy atom. The van der Waals surface area contributed by atoms with Gasteiger partial charge in [-0.15, -0.1) is 0 Å². The van der Waals surface area contributed by atoms with Gasteiger partial charge in [0.1, 0.15) is 30.2 Å². The van der Waals surface area contributed by atoms with Crippen LogP contribution in [0.25, 0.3) is 0 Å². The summed E-state index contributed by atoms with van der Waals surface area (Å²) < 4.78 is 6.06. The minimum Gasteiger partial charge on any atom is -0.508 e. The first-order valence-electron chi connectivity index (χ1n) is 14.8. The fourth-order valence-electron chi connectivity index (χ4n) is 4.75. The summed E-state index contributed by atoms with van der Waals surface area (Å²) in [6, 6.07) is 16.2. The van der Waals surface area contributed by atoms with Gasteiger partial charge < -0.3 is 31.1 Å². The van der Waals surface area contributed by atoms with Crippen molar-refractivity contribution in [3.63, 3.8) is 0 Å². The molecule has 1 aliphatic rings. The fourth-order valence-corrected chi connectivity index (χ4v) is 4.75. The zero-order valence-corrected chi connectivity index (χ0v) is 24.9. The SMILES string of the molecule is CC(C)[C@@H]1COc2ccccc2C(=O)N[C@H](C(=O)NCCc2ccccn2)CCC(=O)N[C@@H](Cc2ccc(O)cc2)C(=O)N1. The van der Waals surface area contributed by atoms with Gasteiger partial charge in [-0.05, 0) is 54.3 Å². The number of nitrogens with zero attached hydrogens (tertiary/aromatic N) is 1. The molecule has 0 bridgehead atoms. The summed E-state index contributed by atoms with van der Waals surface area (Å²) in [5.74, 6) is -1.43. The number of nitrogens with one attached hydrogen (secondary N) is 4. The number of amides is 4. The fraction of sp³-hybridized carbons (Fsp3) is 0.364. The lowest BCUT2D eigenvalue weighted by molar-refractivity contribution is -0.130. The van der Waals surface area contributed by atoms with Crippen LogP contribution in [0.4, 0.5) is 0 Å². The second-order valence-corrected chi connectivity index (χ2v) is 11.1. The van der Waals surface area contributed by atoms with Crippen LogP contribution in [0.15, 0.2) is 72.9 Å². The van der Waals surface area contributed by atoms with Crippen molar-refractivity contribution in [1.82, 2.24) is 26.3 Å². The van der Waals surface area contributed by atoms with Gasteiger partial charge in [-0.2, -0.15) is 0 Å². The predicted octanol–water partition coefficient (Wildman–Crippen LogP) is 2.29. The lowest BCUT2D eigenvalue weighted by Crippen LogP contribution is -2.53. The van der Waals surface area contributed by atoms with Crippen LogP contribution in [0.3, 0.4) is 0 Å². The number of aromatic hydroxyl groups is 1. The normalized spacial score (nSPS) is 19.7. The number of aromatic nitrogens is 1. The third kappa shape index (κ3) is 9.29. The number of rotatable bonds is 7. The second-order valence-electron chi connectivity index (χ2n) is 11.1. The Hall–Kier alpha value is -4.93. The lowest BCUT2D eigenvalue weighted by Gasteiger charge is -2.26. The van der Waals surface area contributed by atoms with Gasteiger partial charge in [0.05, 0.1) is 11.6 Å². The van der Waals surface area contributed by atoms with Crippen molar-refractivity contribution < 1.29 is 29.0 Å². The Balaban J connectivity index is 1.57. The Morgan fingerprint density at radius 2 is 1.75 bits per heavy atom. The molecule has 5 N–H and O–H groups in total. The van der Waals surface area contributed by atoms with Crippen molar-refractivity contribution in [2.45, 2.75) is 57.7 Å². The number of benzene rings is 2. The Bertz CT molecular complexity index is 1430. The van der Waals surface area contributed by atoms with E-state index < -0.39 is 41.8 Å². The summed E-state index contributed by atoms with van der Waals surface area (Å²) in [6.07, 6.45) is 2.23. The summed E-state index contributed by atoms with van der Waals surface area (Å²) in [5.41, 5.74) is 1.78. The molecule has 0 fully saturated rings. The first kappa shape index (κ1) is 32.0. The van der Waals surface area contributed by atoms with E-state index in [9.17, 15) is 24.3 Å². The first-order valence-corrected chi connectivity index (χ1v) is 14.8. The zero-order valence-electron chi connectivity index (χ0n) is 24.9. The molecule has 0 saturated heterocycles. The van der Waals surface area contributed by atoms with E-state index in [0.717, 1.165) is 11.3 Å². The number of phenolic OH excluding ortho intramolecular Hbond substituents is 1. The topological polar surface area (TPSA) is 159 Å². The highest BCUT2D eigenvalue weighted by Gasteiger charge is 2.29. The Morgan fingerprint density at radius 3 is 2.48 bits per heavy atom. The van der Waals surface area contributed by atoms with Crippen molar-refractivity contribution >= 4 is 23.6 Å². The van der Waals surface area contributed by atoms with Crippen LogP contribution in [-0.4, -0.2) is 65.0 Å². The average Bonchev–Trinajstić information content (AvgIpc) is 3.02. The third-order valence-corrected chi connectivity index (χ3v) is 7.40. The molecule has 11 nitrogen and oxygen atoms in total. The molecule has 4 rings (SSSR count). The van der Waals surface area contributed by atoms with Gasteiger partial charge in [-0.25, -0.2) is 0 Å². The van der Waals surface area contributed by atoms with E-state index in [1.807, 2.05) is 32.0 Å². The van der Waals surface area contributed by atoms with E-state index in [-0.39, 0.29) is 43.1 Å². The molecule has 0 unspecified atom stereocenters. The molecular formula is C33H39N5O6. The number of fused-ring (bicyclic) bond motifs is 1. The van der Waals surface area contributed by atoms with Crippen LogP contribution in [-0.2, 0) is 27.2 Å². The molecule has 0 aliphatic carbocycles. The van der Waals surface area contributed by atoms with Gasteiger partial charge in [-0.1, -0.05) is 44.2 Å². The highest BCUT2D eigenvalue weighted by Crippen LogP contribution is 2.20. The largest absolute Gasteiger partial charge is 0.508 e. The van der Waals surface area contributed by atoms with Gasteiger partial charge in [0.15, 0.2) is 0 Å². The number of phenols is 1. The highest BCUT2D eigenvalue weighted by atomic mass is 16.5. The second kappa shape index (κ2) is 15.5. The van der Waals surface area contributed by atoms with Gasteiger partial charge in [0, 0.05) is 37.7 Å². The Kier molecular flexibility index (Phi) is 11.3. The molecule has 2 aromatic carbocycles. The predicted molar refractivity (Wildman–Crippen MR) is 164 cm³/mol. The summed E-state index contributed by atoms with van der Waals surface area (Å²) >= 11 is 0. The van der Waals surface area contributed by atoms with E-state index in [1.54, 1.807) is 42.6 Å². The number of pyridine rings is 1. The van der Waals surface area contributed by atoms with Crippen molar-refractivity contribution in [2.75, 3.05) is 13.2 Å². The maximum Gasteiger partial charge on any atom is 0.255 e. The van der Waals surface area contributed by atoms with E-state index in [2.05, 4.69) is 26.3 Å². The molecule has 0 saturated carbocycles. The lowest BCUT2D eigenvalue weighted by atomic mass is 10.0. The molecule has 3 aromatic rings. The number of carbonyl (C=O) groups is 4. The quantitative estimate of drug-likeness (QED) is 0.278. The molecule has 11 heteroatoms. The molecule has 0 spiro atoms. The van der Waals surface area contributed by atoms with Crippen LogP contribution in [0.2, 0.25) is 0 Å². The standard InChI is InChI=1S/C33H39N5O6/c1-21(2)28-20-44-29-9-4-3-8-25(29)31(41)37-26(32(42)35-18-16-23-7-5-6-17-34-23)14-15-30(40)36-27(33(43)38-28)19-22-10-12-24(39)13-11-22/h3-13,17,21,26-28,39H,14-16,18-20H2,1-2H3,(H,35,42)(H,36,40)(H,37,41)(H,38,43)/t26-,27-,28-/m0/s1. The number of hydrogen-bond donors (Lipinski definition) is 5. The number of para-hydroxylation sites is 1. The van der Waals surface area contributed by atoms with Crippen molar-refractivity contribution in [2.24, 2.45) is 5.92 Å². The van der Waals surface area contributed by atoms with Crippen LogP contribution >= 0.6 is 0 Å². The molecule has 0 radical (unpaired) electrons. The monoisotopic (exact) mass is 601 g/mol. The maximum absolute atomic E-state index is 13.5. The van der Waals surface area contributed by atoms with Gasteiger partial charge in [0.2, 0.25) is 17.7 Å². The smallest absolute Gasteiger partial charge is 0.255 e. The number of ether oxygens (including phenoxy) is 1. The van der Waals surface area contributed by atoms with E-state index in [0.29, 0.717) is 18.7 Å². The minimum absolute atomic E-state index is 0.00180. The number of carbonyl (C=O) groups excluding carboxylic acids is 4. The van der Waals surface area contributed by atoms with Crippen LogP contribution < -0.4 is 26.0 Å². The summed E-state index contributed by atoms with van der Waals surface area (Å²) in [7, 11) is 0. The van der Waals surface area contributed by atoms with E-state index >= 15 is 0 Å². The van der Waals surface area contributed by atoms with Crippen LogP contribution in [0.1, 0.15) is 48.3 Å². The molecule has 44 heavy (non-hydrogen) atoms. The Labute approximate surface area is 256 Å². The molecule has 1 aromatic heterocycles. The van der Waals surface area contributed by atoms with Gasteiger partial charge in [0.25, 0.3) is 5.91 Å². The van der Waals surface area contributed by atoms with Crippen molar-refractivity contribution in [3.05, 3.63) is 89.7 Å². The number of hydrogen-bond acceptors (Lipinski definition) is 7. The summed E-state index contributed by atoms with van der Waals surface area (Å²) in [5, 5.41) is 21.1. The van der Waals surface area contributed by atoms with E-state index in [4.69, 9.17) is 4.74 Å². The van der Waals surface area contributed by atoms with Gasteiger partial charge >= 0.3 is 0 Å². The van der Waals surface area contributed by atoms with Crippen molar-refractivity contribution in [1.29, 1.82) is 0 Å². The molecule has 3 atom stereocenters. The summed E-state index contributed by atoms with van der Waals surface area (Å²) in [4.78, 5) is 57.6.